The number of rotatable bonds is 8. The Morgan fingerprint density at radius 1 is 1.33 bits per heavy atom. The molecule has 21 heavy (non-hydrogen) atoms. The summed E-state index contributed by atoms with van der Waals surface area (Å²) in [5.41, 5.74) is 0.819. The van der Waals surface area contributed by atoms with Crippen LogP contribution in [0.3, 0.4) is 0 Å². The lowest BCUT2D eigenvalue weighted by molar-refractivity contribution is -0.115. The molecule has 1 aromatic carbocycles. The second kappa shape index (κ2) is 8.43. The van der Waals surface area contributed by atoms with Gasteiger partial charge in [0.2, 0.25) is 11.0 Å². The number of hydrogen-bond acceptors (Lipinski definition) is 6. The molecule has 0 atom stereocenters. The van der Waals surface area contributed by atoms with Gasteiger partial charge in [-0.15, -0.1) is 16.8 Å². The Morgan fingerprint density at radius 2 is 2.14 bits per heavy atom. The van der Waals surface area contributed by atoms with E-state index in [0.717, 1.165) is 15.2 Å². The van der Waals surface area contributed by atoms with Crippen molar-refractivity contribution in [1.29, 1.82) is 0 Å². The van der Waals surface area contributed by atoms with Crippen molar-refractivity contribution in [2.45, 2.75) is 10.8 Å². The fraction of sp³-hybridized carbons (Fsp3) is 0.214. The Labute approximate surface area is 131 Å². The fourth-order valence-electron chi connectivity index (χ4n) is 1.48. The summed E-state index contributed by atoms with van der Waals surface area (Å²) in [6.45, 7) is 4.30. The van der Waals surface area contributed by atoms with Crippen LogP contribution in [0.25, 0.3) is 0 Å². The van der Waals surface area contributed by atoms with E-state index < -0.39 is 0 Å². The first kappa shape index (κ1) is 15.5. The zero-order valence-corrected chi connectivity index (χ0v) is 13.0. The van der Waals surface area contributed by atoms with E-state index in [9.17, 15) is 4.79 Å². The Hall–Kier alpha value is -1.86. The molecule has 0 saturated heterocycles. The van der Waals surface area contributed by atoms with Crippen molar-refractivity contribution in [2.75, 3.05) is 22.9 Å². The lowest BCUT2D eigenvalue weighted by Gasteiger charge is -2.03. The third-order valence-corrected chi connectivity index (χ3v) is 4.43. The molecule has 0 radical (unpaired) electrons. The monoisotopic (exact) mass is 320 g/mol. The molecule has 0 unspecified atom stereocenters. The molecule has 1 heterocycles. The quantitative estimate of drug-likeness (QED) is 0.577. The number of anilines is 2. The Morgan fingerprint density at radius 3 is 2.90 bits per heavy atom. The van der Waals surface area contributed by atoms with E-state index in [1.807, 2.05) is 30.3 Å². The van der Waals surface area contributed by atoms with Crippen LogP contribution in [0.4, 0.5) is 10.8 Å². The van der Waals surface area contributed by atoms with Gasteiger partial charge in [0.15, 0.2) is 4.34 Å². The molecule has 1 amide bonds. The van der Waals surface area contributed by atoms with E-state index in [2.05, 4.69) is 27.4 Å². The number of carbonyl (C=O) groups is 1. The van der Waals surface area contributed by atoms with E-state index in [1.165, 1.54) is 23.1 Å². The number of para-hydroxylation sites is 1. The minimum absolute atomic E-state index is 0.00298. The molecule has 1 aromatic heterocycles. The van der Waals surface area contributed by atoms with Crippen molar-refractivity contribution >= 4 is 39.8 Å². The molecule has 0 aliphatic rings. The zero-order chi connectivity index (χ0) is 14.9. The van der Waals surface area contributed by atoms with E-state index in [1.54, 1.807) is 6.08 Å². The molecule has 0 spiro atoms. The number of hydrogen-bond donors (Lipinski definition) is 2. The van der Waals surface area contributed by atoms with Crippen LogP contribution in [-0.4, -0.2) is 28.4 Å². The molecule has 0 aliphatic heterocycles. The van der Waals surface area contributed by atoms with Gasteiger partial charge in [0.05, 0.1) is 0 Å². The molecule has 0 aliphatic carbocycles. The van der Waals surface area contributed by atoms with Gasteiger partial charge in [-0.25, -0.2) is 0 Å². The summed E-state index contributed by atoms with van der Waals surface area (Å²) >= 11 is 3.01. The molecule has 7 heteroatoms. The maximum Gasteiger partial charge on any atom is 0.225 e. The van der Waals surface area contributed by atoms with Crippen molar-refractivity contribution < 1.29 is 4.79 Å². The van der Waals surface area contributed by atoms with Gasteiger partial charge in [-0.3, -0.25) is 4.79 Å². The normalized spacial score (nSPS) is 10.1. The number of thioether (sulfide) groups is 1. The third kappa shape index (κ3) is 5.57. The first-order valence-electron chi connectivity index (χ1n) is 6.44. The number of amides is 1. The van der Waals surface area contributed by atoms with Crippen molar-refractivity contribution in [2.24, 2.45) is 0 Å². The molecular weight excluding hydrogens is 304 g/mol. The van der Waals surface area contributed by atoms with Gasteiger partial charge in [0, 0.05) is 24.4 Å². The van der Waals surface area contributed by atoms with Crippen molar-refractivity contribution in [3.05, 3.63) is 43.0 Å². The highest BCUT2D eigenvalue weighted by Crippen LogP contribution is 2.25. The van der Waals surface area contributed by atoms with Crippen molar-refractivity contribution in [3.63, 3.8) is 0 Å². The molecule has 0 bridgehead atoms. The highest BCUT2D eigenvalue weighted by Gasteiger charge is 2.06. The van der Waals surface area contributed by atoms with Crippen LogP contribution in [0.5, 0.6) is 0 Å². The number of nitrogens with one attached hydrogen (secondary N) is 2. The van der Waals surface area contributed by atoms with Gasteiger partial charge >= 0.3 is 0 Å². The molecule has 110 valence electrons. The number of nitrogens with zero attached hydrogens (tertiary/aromatic N) is 2. The first-order valence-corrected chi connectivity index (χ1v) is 8.24. The largest absolute Gasteiger partial charge is 0.357 e. The summed E-state index contributed by atoms with van der Waals surface area (Å²) in [7, 11) is 0. The highest BCUT2D eigenvalue weighted by atomic mass is 32.2. The minimum Gasteiger partial charge on any atom is -0.357 e. The highest BCUT2D eigenvalue weighted by molar-refractivity contribution is 8.01. The predicted molar refractivity (Wildman–Crippen MR) is 89.0 cm³/mol. The summed E-state index contributed by atoms with van der Waals surface area (Å²) in [6.07, 6.45) is 2.21. The van der Waals surface area contributed by atoms with E-state index >= 15 is 0 Å². The van der Waals surface area contributed by atoms with Crippen molar-refractivity contribution in [1.82, 2.24) is 10.2 Å². The summed E-state index contributed by atoms with van der Waals surface area (Å²) in [4.78, 5) is 11.8. The van der Waals surface area contributed by atoms with Crippen LogP contribution in [0.2, 0.25) is 0 Å². The maximum absolute atomic E-state index is 11.8. The topological polar surface area (TPSA) is 66.9 Å². The predicted octanol–water partition coefficient (Wildman–Crippen LogP) is 3.26. The lowest BCUT2D eigenvalue weighted by Crippen LogP contribution is -2.11. The second-order valence-corrected chi connectivity index (χ2v) is 6.37. The standard InChI is InChI=1S/C14H16N4OS2/c1-2-9-15-13-17-18-14(21-13)20-10-8-12(19)16-11-6-4-3-5-7-11/h2-7H,1,8-10H2,(H,15,17)(H,16,19). The van der Waals surface area contributed by atoms with Crippen LogP contribution in [0, 0.1) is 0 Å². The van der Waals surface area contributed by atoms with Crippen LogP contribution >= 0.6 is 23.1 Å². The van der Waals surface area contributed by atoms with Gasteiger partial charge < -0.3 is 10.6 Å². The number of benzene rings is 1. The van der Waals surface area contributed by atoms with Crippen molar-refractivity contribution in [3.8, 4) is 0 Å². The number of aromatic nitrogens is 2. The lowest BCUT2D eigenvalue weighted by atomic mass is 10.3. The van der Waals surface area contributed by atoms with E-state index in [-0.39, 0.29) is 5.91 Å². The van der Waals surface area contributed by atoms with Gasteiger partial charge in [-0.2, -0.15) is 0 Å². The average Bonchev–Trinajstić information content (AvgIpc) is 2.94. The minimum atomic E-state index is 0.00298. The van der Waals surface area contributed by atoms with Gasteiger partial charge in [0.25, 0.3) is 0 Å². The zero-order valence-electron chi connectivity index (χ0n) is 11.4. The number of carbonyl (C=O) groups excluding carboxylic acids is 1. The van der Waals surface area contributed by atoms with E-state index in [0.29, 0.717) is 18.7 Å². The van der Waals surface area contributed by atoms with Gasteiger partial charge in [-0.1, -0.05) is 47.4 Å². The molecule has 2 rings (SSSR count). The molecule has 0 fully saturated rings. The molecule has 2 N–H and O–H groups in total. The summed E-state index contributed by atoms with van der Waals surface area (Å²) in [6, 6.07) is 9.44. The summed E-state index contributed by atoms with van der Waals surface area (Å²) in [5, 5.41) is 14.8. The van der Waals surface area contributed by atoms with Crippen LogP contribution in [0.15, 0.2) is 47.3 Å². The van der Waals surface area contributed by atoms with E-state index in [4.69, 9.17) is 0 Å². The second-order valence-electron chi connectivity index (χ2n) is 4.06. The van der Waals surface area contributed by atoms with Crippen LogP contribution in [0.1, 0.15) is 6.42 Å². The summed E-state index contributed by atoms with van der Waals surface area (Å²) < 4.78 is 0.856. The summed E-state index contributed by atoms with van der Waals surface area (Å²) in [5.74, 6) is 0.678. The fourth-order valence-corrected chi connectivity index (χ4v) is 3.24. The van der Waals surface area contributed by atoms with Crippen LogP contribution in [-0.2, 0) is 4.79 Å². The Kier molecular flexibility index (Phi) is 6.23. The maximum atomic E-state index is 11.8. The Balaban J connectivity index is 1.70. The van der Waals surface area contributed by atoms with Crippen LogP contribution < -0.4 is 10.6 Å². The SMILES string of the molecule is C=CCNc1nnc(SCCC(=O)Nc2ccccc2)s1. The van der Waals surface area contributed by atoms with Gasteiger partial charge in [0.1, 0.15) is 0 Å². The molecule has 0 saturated carbocycles. The third-order valence-electron chi connectivity index (χ3n) is 2.42. The average molecular weight is 320 g/mol. The van der Waals surface area contributed by atoms with Gasteiger partial charge in [-0.05, 0) is 12.1 Å². The molecule has 5 nitrogen and oxygen atoms in total. The molecule has 2 aromatic rings. The smallest absolute Gasteiger partial charge is 0.225 e. The first-order chi connectivity index (χ1) is 10.3. The Bertz CT molecular complexity index is 586. The molecular formula is C14H16N4OS2.